The molecule has 3 rings (SSSR count). The third-order valence-corrected chi connectivity index (χ3v) is 3.17. The van der Waals surface area contributed by atoms with Crippen molar-refractivity contribution in [1.82, 2.24) is 9.97 Å². The van der Waals surface area contributed by atoms with Gasteiger partial charge in [0.15, 0.2) is 0 Å². The lowest BCUT2D eigenvalue weighted by Gasteiger charge is -2.02. The molecule has 5 heteroatoms. The highest BCUT2D eigenvalue weighted by Gasteiger charge is 2.02. The Kier molecular flexibility index (Phi) is 3.31. The van der Waals surface area contributed by atoms with Crippen molar-refractivity contribution in [3.8, 4) is 11.5 Å². The van der Waals surface area contributed by atoms with Gasteiger partial charge in [0.25, 0.3) is 0 Å². The first-order valence-electron chi connectivity index (χ1n) is 6.53. The zero-order chi connectivity index (χ0) is 14.8. The fourth-order valence-electron chi connectivity index (χ4n) is 2.11. The zero-order valence-corrected chi connectivity index (χ0v) is 11.8. The minimum atomic E-state index is 0.165. The summed E-state index contributed by atoms with van der Waals surface area (Å²) in [5.41, 5.74) is 3.25. The lowest BCUT2D eigenvalue weighted by molar-refractivity contribution is 0.412. The Balaban J connectivity index is 1.93. The molecule has 1 heterocycles. The molecule has 106 valence electrons. The fourth-order valence-corrected chi connectivity index (χ4v) is 2.11. The van der Waals surface area contributed by atoms with Crippen LogP contribution in [0.1, 0.15) is 11.4 Å². The van der Waals surface area contributed by atoms with Crippen LogP contribution in [0, 0.1) is 6.92 Å². The molecule has 3 aromatic rings. The maximum Gasteiger partial charge on any atom is 0.124 e. The number of H-pyrrole nitrogens is 1. The molecule has 1 aromatic heterocycles. The lowest BCUT2D eigenvalue weighted by Crippen LogP contribution is -1.87. The molecular weight excluding hydrogens is 266 g/mol. The Morgan fingerprint density at radius 3 is 2.90 bits per heavy atom. The van der Waals surface area contributed by atoms with Crippen molar-refractivity contribution in [3.63, 3.8) is 0 Å². The summed E-state index contributed by atoms with van der Waals surface area (Å²) in [5.74, 6) is 1.71. The molecule has 0 aliphatic heterocycles. The van der Waals surface area contributed by atoms with Gasteiger partial charge in [-0.3, -0.25) is 4.99 Å². The molecular formula is C16H15N3O2. The van der Waals surface area contributed by atoms with E-state index in [-0.39, 0.29) is 5.75 Å². The van der Waals surface area contributed by atoms with Crippen molar-refractivity contribution < 1.29 is 9.84 Å². The smallest absolute Gasteiger partial charge is 0.124 e. The molecule has 0 aliphatic rings. The molecule has 0 spiro atoms. The lowest BCUT2D eigenvalue weighted by atomic mass is 10.2. The number of aromatic hydroxyl groups is 1. The van der Waals surface area contributed by atoms with E-state index in [1.54, 1.807) is 31.5 Å². The number of fused-ring (bicyclic) bond motifs is 1. The summed E-state index contributed by atoms with van der Waals surface area (Å²) in [6.07, 6.45) is 1.61. The van der Waals surface area contributed by atoms with E-state index in [1.807, 2.05) is 25.1 Å². The Bertz CT molecular complexity index is 822. The first kappa shape index (κ1) is 13.2. The zero-order valence-electron chi connectivity index (χ0n) is 11.8. The maximum atomic E-state index is 9.82. The topological polar surface area (TPSA) is 70.5 Å². The summed E-state index contributed by atoms with van der Waals surface area (Å²) in [6, 6.07) is 10.7. The van der Waals surface area contributed by atoms with Crippen LogP contribution in [0.25, 0.3) is 11.0 Å². The molecule has 0 fully saturated rings. The fraction of sp³-hybridized carbons (Fsp3) is 0.125. The number of nitrogens with one attached hydrogen (secondary N) is 1. The highest BCUT2D eigenvalue weighted by molar-refractivity contribution is 5.87. The Morgan fingerprint density at radius 2 is 2.10 bits per heavy atom. The molecule has 21 heavy (non-hydrogen) atoms. The highest BCUT2D eigenvalue weighted by atomic mass is 16.5. The van der Waals surface area contributed by atoms with Crippen molar-refractivity contribution in [2.45, 2.75) is 6.92 Å². The van der Waals surface area contributed by atoms with E-state index in [2.05, 4.69) is 15.0 Å². The molecule has 0 radical (unpaired) electrons. The third-order valence-electron chi connectivity index (χ3n) is 3.17. The molecule has 0 saturated carbocycles. The number of aryl methyl sites for hydroxylation is 1. The predicted molar refractivity (Wildman–Crippen MR) is 82.7 cm³/mol. The van der Waals surface area contributed by atoms with Crippen LogP contribution >= 0.6 is 0 Å². The number of hydrogen-bond donors (Lipinski definition) is 2. The van der Waals surface area contributed by atoms with Gasteiger partial charge in [-0.05, 0) is 43.3 Å². The molecule has 2 aromatic carbocycles. The Hall–Kier alpha value is -2.82. The number of nitrogens with zero attached hydrogens (tertiary/aromatic N) is 2. The van der Waals surface area contributed by atoms with E-state index in [9.17, 15) is 5.11 Å². The number of benzene rings is 2. The van der Waals surface area contributed by atoms with Gasteiger partial charge >= 0.3 is 0 Å². The SMILES string of the molecule is COc1ccc(O)c(C=Nc2ccc3nc(C)[nH]c3c2)c1. The molecule has 0 saturated heterocycles. The number of phenolic OH excluding ortho intramolecular Hbond substituents is 1. The second-order valence-electron chi connectivity index (χ2n) is 4.71. The van der Waals surface area contributed by atoms with Gasteiger partial charge in [-0.15, -0.1) is 0 Å². The van der Waals surface area contributed by atoms with Crippen LogP contribution in [0.2, 0.25) is 0 Å². The van der Waals surface area contributed by atoms with E-state index >= 15 is 0 Å². The van der Waals surface area contributed by atoms with Crippen LogP contribution < -0.4 is 4.74 Å². The number of imidazole rings is 1. The van der Waals surface area contributed by atoms with E-state index in [0.29, 0.717) is 11.3 Å². The second kappa shape index (κ2) is 5.28. The minimum absolute atomic E-state index is 0.165. The number of methoxy groups -OCH3 is 1. The normalized spacial score (nSPS) is 11.3. The van der Waals surface area contributed by atoms with E-state index in [0.717, 1.165) is 22.5 Å². The molecule has 0 atom stereocenters. The predicted octanol–water partition coefficient (Wildman–Crippen LogP) is 3.34. The van der Waals surface area contributed by atoms with E-state index < -0.39 is 0 Å². The number of aliphatic imine (C=N–C) groups is 1. The van der Waals surface area contributed by atoms with Crippen LogP contribution in [0.4, 0.5) is 5.69 Å². The van der Waals surface area contributed by atoms with Gasteiger partial charge in [0.1, 0.15) is 17.3 Å². The molecule has 0 amide bonds. The maximum absolute atomic E-state index is 9.82. The van der Waals surface area contributed by atoms with Crippen LogP contribution in [0.15, 0.2) is 41.4 Å². The molecule has 0 unspecified atom stereocenters. The van der Waals surface area contributed by atoms with Gasteiger partial charge in [-0.25, -0.2) is 4.98 Å². The molecule has 2 N–H and O–H groups in total. The summed E-state index contributed by atoms with van der Waals surface area (Å²) in [5, 5.41) is 9.82. The Labute approximate surface area is 121 Å². The molecule has 0 aliphatic carbocycles. The molecule has 0 bridgehead atoms. The summed E-state index contributed by atoms with van der Waals surface area (Å²) < 4.78 is 5.14. The van der Waals surface area contributed by atoms with E-state index in [1.165, 1.54) is 0 Å². The minimum Gasteiger partial charge on any atom is -0.507 e. The van der Waals surface area contributed by atoms with Gasteiger partial charge in [0.05, 0.1) is 23.8 Å². The van der Waals surface area contributed by atoms with Crippen LogP contribution in [-0.2, 0) is 0 Å². The van der Waals surface area contributed by atoms with Gasteiger partial charge in [0, 0.05) is 11.8 Å². The summed E-state index contributed by atoms with van der Waals surface area (Å²) in [7, 11) is 1.59. The van der Waals surface area contributed by atoms with Gasteiger partial charge in [0.2, 0.25) is 0 Å². The Morgan fingerprint density at radius 1 is 1.24 bits per heavy atom. The first-order valence-corrected chi connectivity index (χ1v) is 6.53. The second-order valence-corrected chi connectivity index (χ2v) is 4.71. The number of aromatic amines is 1. The number of ether oxygens (including phenoxy) is 1. The van der Waals surface area contributed by atoms with Crippen molar-refractivity contribution in [1.29, 1.82) is 0 Å². The van der Waals surface area contributed by atoms with Gasteiger partial charge in [-0.2, -0.15) is 0 Å². The largest absolute Gasteiger partial charge is 0.507 e. The highest BCUT2D eigenvalue weighted by Crippen LogP contribution is 2.23. The third kappa shape index (κ3) is 2.72. The van der Waals surface area contributed by atoms with Crippen molar-refractivity contribution >= 4 is 22.9 Å². The number of phenols is 1. The average molecular weight is 281 g/mol. The molecule has 5 nitrogen and oxygen atoms in total. The standard InChI is InChI=1S/C16H15N3O2/c1-10-18-14-5-3-12(8-15(14)19-10)17-9-11-7-13(21-2)4-6-16(11)20/h3-9,20H,1-2H3,(H,18,19). The summed E-state index contributed by atoms with van der Waals surface area (Å²) >= 11 is 0. The van der Waals surface area contributed by atoms with Crippen LogP contribution in [-0.4, -0.2) is 28.4 Å². The van der Waals surface area contributed by atoms with Gasteiger partial charge < -0.3 is 14.8 Å². The number of hydrogen-bond acceptors (Lipinski definition) is 4. The monoisotopic (exact) mass is 281 g/mol. The van der Waals surface area contributed by atoms with Crippen molar-refractivity contribution in [2.24, 2.45) is 4.99 Å². The number of aromatic nitrogens is 2. The number of rotatable bonds is 3. The first-order chi connectivity index (χ1) is 10.2. The quantitative estimate of drug-likeness (QED) is 0.723. The van der Waals surface area contributed by atoms with Crippen LogP contribution in [0.3, 0.4) is 0 Å². The van der Waals surface area contributed by atoms with Crippen molar-refractivity contribution in [2.75, 3.05) is 7.11 Å². The van der Waals surface area contributed by atoms with Gasteiger partial charge in [-0.1, -0.05) is 0 Å². The summed E-state index contributed by atoms with van der Waals surface area (Å²) in [4.78, 5) is 11.9. The summed E-state index contributed by atoms with van der Waals surface area (Å²) in [6.45, 7) is 1.91. The van der Waals surface area contributed by atoms with Crippen molar-refractivity contribution in [3.05, 3.63) is 47.8 Å². The van der Waals surface area contributed by atoms with Crippen LogP contribution in [0.5, 0.6) is 11.5 Å². The average Bonchev–Trinajstić information content (AvgIpc) is 2.85. The van der Waals surface area contributed by atoms with E-state index in [4.69, 9.17) is 4.74 Å².